The van der Waals surface area contributed by atoms with Crippen molar-refractivity contribution in [3.63, 3.8) is 0 Å². The van der Waals surface area contributed by atoms with Crippen molar-refractivity contribution in [3.8, 4) is 0 Å². The summed E-state index contributed by atoms with van der Waals surface area (Å²) in [7, 11) is 2.07. The summed E-state index contributed by atoms with van der Waals surface area (Å²) in [5.74, 6) is -0.484. The Morgan fingerprint density at radius 2 is 1.95 bits per heavy atom. The van der Waals surface area contributed by atoms with Crippen LogP contribution in [-0.2, 0) is 9.59 Å². The monoisotopic (exact) mass is 286 g/mol. The van der Waals surface area contributed by atoms with E-state index < -0.39 is 0 Å². The fourth-order valence-corrected chi connectivity index (χ4v) is 3.99. The van der Waals surface area contributed by atoms with Crippen molar-refractivity contribution in [2.24, 2.45) is 5.41 Å². The third-order valence-corrected chi connectivity index (χ3v) is 4.86. The van der Waals surface area contributed by atoms with Crippen molar-refractivity contribution in [1.29, 1.82) is 0 Å². The van der Waals surface area contributed by atoms with Gasteiger partial charge in [-0.25, -0.2) is 0 Å². The van der Waals surface area contributed by atoms with E-state index >= 15 is 0 Å². The highest BCUT2D eigenvalue weighted by Gasteiger charge is 2.50. The lowest BCUT2D eigenvalue weighted by Gasteiger charge is -2.48. The number of aryl methyl sites for hydroxylation is 1. The van der Waals surface area contributed by atoms with Crippen LogP contribution in [-0.4, -0.2) is 36.9 Å². The Balaban J connectivity index is 2.02. The van der Waals surface area contributed by atoms with E-state index in [2.05, 4.69) is 17.3 Å². The summed E-state index contributed by atoms with van der Waals surface area (Å²) < 4.78 is 0. The van der Waals surface area contributed by atoms with E-state index in [1.807, 2.05) is 31.2 Å². The SMILES string of the molecule is Cc1ccc(C2C(=O)NC(=O)CC23CCCN(C)C3)cc1. The van der Waals surface area contributed by atoms with E-state index in [0.29, 0.717) is 6.42 Å². The molecule has 0 bridgehead atoms. The van der Waals surface area contributed by atoms with Gasteiger partial charge >= 0.3 is 0 Å². The molecule has 0 aliphatic carbocycles. The lowest BCUT2D eigenvalue weighted by Crippen LogP contribution is -2.56. The van der Waals surface area contributed by atoms with Crippen LogP contribution in [0, 0.1) is 12.3 Å². The van der Waals surface area contributed by atoms with Gasteiger partial charge in [0.2, 0.25) is 11.8 Å². The summed E-state index contributed by atoms with van der Waals surface area (Å²) in [6.07, 6.45) is 2.43. The lowest BCUT2D eigenvalue weighted by molar-refractivity contribution is -0.142. The Hall–Kier alpha value is -1.68. The molecule has 0 saturated carbocycles. The second kappa shape index (κ2) is 5.26. The van der Waals surface area contributed by atoms with Crippen LogP contribution < -0.4 is 5.32 Å². The molecule has 2 atom stereocenters. The van der Waals surface area contributed by atoms with Gasteiger partial charge in [-0.15, -0.1) is 0 Å². The molecule has 1 spiro atoms. The largest absolute Gasteiger partial charge is 0.306 e. The number of benzene rings is 1. The summed E-state index contributed by atoms with van der Waals surface area (Å²) in [5, 5.41) is 2.53. The molecule has 4 heteroatoms. The second-order valence-electron chi connectivity index (χ2n) is 6.64. The lowest BCUT2D eigenvalue weighted by atomic mass is 9.63. The summed E-state index contributed by atoms with van der Waals surface area (Å²) in [4.78, 5) is 26.7. The van der Waals surface area contributed by atoms with Crippen LogP contribution in [0.25, 0.3) is 0 Å². The third-order valence-electron chi connectivity index (χ3n) is 4.86. The van der Waals surface area contributed by atoms with Crippen LogP contribution >= 0.6 is 0 Å². The smallest absolute Gasteiger partial charge is 0.234 e. The number of likely N-dealkylation sites (tertiary alicyclic amines) is 1. The summed E-state index contributed by atoms with van der Waals surface area (Å²) in [6.45, 7) is 3.89. The second-order valence-corrected chi connectivity index (χ2v) is 6.64. The zero-order chi connectivity index (χ0) is 15.0. The van der Waals surface area contributed by atoms with Gasteiger partial charge in [-0.1, -0.05) is 29.8 Å². The highest BCUT2D eigenvalue weighted by atomic mass is 16.2. The van der Waals surface area contributed by atoms with E-state index in [1.165, 1.54) is 5.56 Å². The number of rotatable bonds is 1. The molecular formula is C17H22N2O2. The maximum absolute atomic E-state index is 12.5. The first-order valence-electron chi connectivity index (χ1n) is 7.59. The zero-order valence-corrected chi connectivity index (χ0v) is 12.7. The highest BCUT2D eigenvalue weighted by Crippen LogP contribution is 2.47. The maximum Gasteiger partial charge on any atom is 0.234 e. The van der Waals surface area contributed by atoms with Crippen LogP contribution in [0.1, 0.15) is 36.3 Å². The van der Waals surface area contributed by atoms with Crippen molar-refractivity contribution in [1.82, 2.24) is 10.2 Å². The molecule has 2 heterocycles. The molecule has 0 radical (unpaired) electrons. The van der Waals surface area contributed by atoms with Crippen molar-refractivity contribution in [3.05, 3.63) is 35.4 Å². The summed E-state index contributed by atoms with van der Waals surface area (Å²) in [5.41, 5.74) is 1.96. The first-order chi connectivity index (χ1) is 10.00. The summed E-state index contributed by atoms with van der Waals surface area (Å²) in [6, 6.07) is 8.15. The standard InChI is InChI=1S/C17H22N2O2/c1-12-4-6-13(7-5-12)15-16(21)18-14(20)10-17(15)8-3-9-19(2)11-17/h4-7,15H,3,8-11H2,1-2H3,(H,18,20,21). The highest BCUT2D eigenvalue weighted by molar-refractivity contribution is 6.02. The molecule has 4 nitrogen and oxygen atoms in total. The number of piperidine rings is 2. The van der Waals surface area contributed by atoms with E-state index in [-0.39, 0.29) is 23.1 Å². The number of hydrogen-bond donors (Lipinski definition) is 1. The van der Waals surface area contributed by atoms with Crippen LogP contribution in [0.15, 0.2) is 24.3 Å². The quantitative estimate of drug-likeness (QED) is 0.801. The van der Waals surface area contributed by atoms with Gasteiger partial charge in [0.15, 0.2) is 0 Å². The molecule has 2 aliphatic rings. The molecule has 3 rings (SSSR count). The van der Waals surface area contributed by atoms with Crippen molar-refractivity contribution in [2.45, 2.75) is 32.1 Å². The van der Waals surface area contributed by atoms with Gasteiger partial charge in [0.1, 0.15) is 0 Å². The minimum absolute atomic E-state index is 0.126. The fourth-order valence-electron chi connectivity index (χ4n) is 3.99. The third kappa shape index (κ3) is 2.60. The van der Waals surface area contributed by atoms with Gasteiger partial charge in [-0.05, 0) is 38.9 Å². The predicted molar refractivity (Wildman–Crippen MR) is 80.9 cm³/mol. The summed E-state index contributed by atoms with van der Waals surface area (Å²) >= 11 is 0. The molecule has 1 aromatic rings. The topological polar surface area (TPSA) is 49.4 Å². The van der Waals surface area contributed by atoms with Gasteiger partial charge in [-0.3, -0.25) is 14.9 Å². The van der Waals surface area contributed by atoms with Gasteiger partial charge < -0.3 is 4.90 Å². The van der Waals surface area contributed by atoms with E-state index in [1.54, 1.807) is 0 Å². The van der Waals surface area contributed by atoms with Gasteiger partial charge in [0.05, 0.1) is 5.92 Å². The molecule has 2 fully saturated rings. The Morgan fingerprint density at radius 1 is 1.24 bits per heavy atom. The molecular weight excluding hydrogens is 264 g/mol. The first-order valence-corrected chi connectivity index (χ1v) is 7.59. The number of nitrogens with zero attached hydrogens (tertiary/aromatic N) is 1. The normalized spacial score (nSPS) is 30.5. The van der Waals surface area contributed by atoms with Crippen molar-refractivity contribution >= 4 is 11.8 Å². The molecule has 2 saturated heterocycles. The molecule has 21 heavy (non-hydrogen) atoms. The van der Waals surface area contributed by atoms with E-state index in [4.69, 9.17) is 0 Å². The van der Waals surface area contributed by atoms with Crippen LogP contribution in [0.3, 0.4) is 0 Å². The predicted octanol–water partition coefficient (Wildman–Crippen LogP) is 1.84. The Morgan fingerprint density at radius 3 is 2.62 bits per heavy atom. The van der Waals surface area contributed by atoms with E-state index in [9.17, 15) is 9.59 Å². The molecule has 112 valence electrons. The van der Waals surface area contributed by atoms with Gasteiger partial charge in [0, 0.05) is 18.4 Å². The fraction of sp³-hybridized carbons (Fsp3) is 0.529. The minimum Gasteiger partial charge on any atom is -0.306 e. The molecule has 1 aromatic carbocycles. The molecule has 2 unspecified atom stereocenters. The minimum atomic E-state index is -0.248. The van der Waals surface area contributed by atoms with Crippen molar-refractivity contribution in [2.75, 3.05) is 20.1 Å². The van der Waals surface area contributed by atoms with Crippen LogP contribution in [0.2, 0.25) is 0 Å². The number of imide groups is 1. The Kier molecular flexibility index (Phi) is 3.57. The number of nitrogens with one attached hydrogen (secondary N) is 1. The van der Waals surface area contributed by atoms with Crippen molar-refractivity contribution < 1.29 is 9.59 Å². The number of amides is 2. The molecule has 2 aliphatic heterocycles. The van der Waals surface area contributed by atoms with Gasteiger partial charge in [0.25, 0.3) is 0 Å². The van der Waals surface area contributed by atoms with Crippen LogP contribution in [0.5, 0.6) is 0 Å². The average Bonchev–Trinajstić information content (AvgIpc) is 2.39. The Bertz CT molecular complexity index is 567. The molecule has 0 aromatic heterocycles. The Labute approximate surface area is 125 Å². The molecule has 2 amide bonds. The number of carbonyl (C=O) groups is 2. The molecule has 1 N–H and O–H groups in total. The van der Waals surface area contributed by atoms with Gasteiger partial charge in [-0.2, -0.15) is 0 Å². The zero-order valence-electron chi connectivity index (χ0n) is 12.7. The first kappa shape index (κ1) is 14.3. The average molecular weight is 286 g/mol. The van der Waals surface area contributed by atoms with Crippen LogP contribution in [0.4, 0.5) is 0 Å². The number of hydrogen-bond acceptors (Lipinski definition) is 3. The van der Waals surface area contributed by atoms with E-state index in [0.717, 1.165) is 31.5 Å². The maximum atomic E-state index is 12.5. The number of carbonyl (C=O) groups excluding carboxylic acids is 2.